The summed E-state index contributed by atoms with van der Waals surface area (Å²) in [7, 11) is 0. The van der Waals surface area contributed by atoms with Crippen molar-refractivity contribution in [1.29, 1.82) is 0 Å². The highest BCUT2D eigenvalue weighted by molar-refractivity contribution is 5.90. The molecule has 0 fully saturated rings. The number of carbonyl (C=O) groups excluding carboxylic acids is 1. The SMILES string of the molecule is O=C(CCOc1ccccc1)Nc1ccc(N=Nc2ccccc2)cc1. The number of hydrogen-bond donors (Lipinski definition) is 1. The van der Waals surface area contributed by atoms with Crippen LogP contribution in [0, 0.1) is 0 Å². The van der Waals surface area contributed by atoms with Gasteiger partial charge < -0.3 is 10.1 Å². The van der Waals surface area contributed by atoms with Gasteiger partial charge in [-0.15, -0.1) is 0 Å². The van der Waals surface area contributed by atoms with E-state index < -0.39 is 0 Å². The summed E-state index contributed by atoms with van der Waals surface area (Å²) >= 11 is 0. The molecule has 0 aliphatic rings. The number of azo groups is 1. The van der Waals surface area contributed by atoms with Crippen molar-refractivity contribution in [2.45, 2.75) is 6.42 Å². The average Bonchev–Trinajstić information content (AvgIpc) is 2.69. The molecule has 3 aromatic rings. The number of para-hydroxylation sites is 1. The first-order valence-electron chi connectivity index (χ1n) is 8.34. The Morgan fingerprint density at radius 1 is 0.769 bits per heavy atom. The van der Waals surface area contributed by atoms with Gasteiger partial charge in [-0.1, -0.05) is 36.4 Å². The minimum atomic E-state index is -0.0976. The molecule has 3 rings (SSSR count). The summed E-state index contributed by atoms with van der Waals surface area (Å²) in [4.78, 5) is 12.0. The zero-order valence-corrected chi connectivity index (χ0v) is 14.2. The van der Waals surface area contributed by atoms with Crippen molar-refractivity contribution in [3.05, 3.63) is 84.9 Å². The van der Waals surface area contributed by atoms with Gasteiger partial charge in [0.2, 0.25) is 5.91 Å². The lowest BCUT2D eigenvalue weighted by Crippen LogP contribution is -2.15. The molecule has 0 atom stereocenters. The van der Waals surface area contributed by atoms with E-state index in [9.17, 15) is 4.79 Å². The van der Waals surface area contributed by atoms with Crippen molar-refractivity contribution in [3.63, 3.8) is 0 Å². The van der Waals surface area contributed by atoms with Crippen LogP contribution in [0.5, 0.6) is 5.75 Å². The maximum absolute atomic E-state index is 12.0. The minimum Gasteiger partial charge on any atom is -0.493 e. The summed E-state index contributed by atoms with van der Waals surface area (Å²) < 4.78 is 5.52. The number of nitrogens with zero attached hydrogens (tertiary/aromatic N) is 2. The molecule has 1 amide bonds. The number of benzene rings is 3. The minimum absolute atomic E-state index is 0.0976. The van der Waals surface area contributed by atoms with E-state index in [4.69, 9.17) is 4.74 Å². The molecule has 5 heteroatoms. The fourth-order valence-corrected chi connectivity index (χ4v) is 2.22. The molecule has 130 valence electrons. The van der Waals surface area contributed by atoms with E-state index in [1.807, 2.05) is 72.8 Å². The molecule has 0 aromatic heterocycles. The lowest BCUT2D eigenvalue weighted by atomic mass is 10.3. The van der Waals surface area contributed by atoms with Crippen LogP contribution in [0.1, 0.15) is 6.42 Å². The molecule has 0 unspecified atom stereocenters. The number of nitrogens with one attached hydrogen (secondary N) is 1. The number of anilines is 1. The van der Waals surface area contributed by atoms with Crippen LogP contribution >= 0.6 is 0 Å². The first kappa shape index (κ1) is 17.4. The van der Waals surface area contributed by atoms with Crippen LogP contribution in [0.4, 0.5) is 17.1 Å². The molecule has 0 aliphatic heterocycles. The fourth-order valence-electron chi connectivity index (χ4n) is 2.22. The second-order valence-electron chi connectivity index (χ2n) is 5.54. The molecule has 1 N–H and O–H groups in total. The lowest BCUT2D eigenvalue weighted by Gasteiger charge is -2.07. The highest BCUT2D eigenvalue weighted by atomic mass is 16.5. The molecule has 0 saturated heterocycles. The van der Waals surface area contributed by atoms with Crippen LogP contribution in [-0.4, -0.2) is 12.5 Å². The van der Waals surface area contributed by atoms with Gasteiger partial charge in [-0.05, 0) is 48.5 Å². The topological polar surface area (TPSA) is 63.0 Å². The summed E-state index contributed by atoms with van der Waals surface area (Å²) in [6.07, 6.45) is 0.282. The number of hydrogen-bond acceptors (Lipinski definition) is 4. The summed E-state index contributed by atoms with van der Waals surface area (Å²) in [5, 5.41) is 11.2. The van der Waals surface area contributed by atoms with E-state index in [1.54, 1.807) is 12.1 Å². The zero-order valence-electron chi connectivity index (χ0n) is 14.2. The maximum Gasteiger partial charge on any atom is 0.227 e. The van der Waals surface area contributed by atoms with Crippen molar-refractivity contribution < 1.29 is 9.53 Å². The van der Waals surface area contributed by atoms with Gasteiger partial charge in [-0.25, -0.2) is 0 Å². The summed E-state index contributed by atoms with van der Waals surface area (Å²) in [6.45, 7) is 0.333. The Kier molecular flexibility index (Phi) is 6.09. The van der Waals surface area contributed by atoms with E-state index >= 15 is 0 Å². The molecule has 0 radical (unpaired) electrons. The van der Waals surface area contributed by atoms with Gasteiger partial charge in [0.05, 0.1) is 24.4 Å². The molecule has 0 spiro atoms. The van der Waals surface area contributed by atoms with Gasteiger partial charge in [-0.3, -0.25) is 4.79 Å². The van der Waals surface area contributed by atoms with Crippen molar-refractivity contribution in [3.8, 4) is 5.75 Å². The molecule has 5 nitrogen and oxygen atoms in total. The highest BCUT2D eigenvalue weighted by Crippen LogP contribution is 2.20. The monoisotopic (exact) mass is 345 g/mol. The quantitative estimate of drug-likeness (QED) is 0.574. The maximum atomic E-state index is 12.0. The Balaban J connectivity index is 1.46. The molecular formula is C21H19N3O2. The van der Waals surface area contributed by atoms with Crippen molar-refractivity contribution in [2.24, 2.45) is 10.2 Å². The van der Waals surface area contributed by atoms with Crippen LogP contribution in [0.15, 0.2) is 95.2 Å². The second-order valence-corrected chi connectivity index (χ2v) is 5.54. The number of amides is 1. The fraction of sp³-hybridized carbons (Fsp3) is 0.0952. The third-order valence-electron chi connectivity index (χ3n) is 3.53. The molecule has 26 heavy (non-hydrogen) atoms. The normalized spacial score (nSPS) is 10.6. The average molecular weight is 345 g/mol. The van der Waals surface area contributed by atoms with E-state index in [0.29, 0.717) is 12.3 Å². The predicted octanol–water partition coefficient (Wildman–Crippen LogP) is 5.51. The predicted molar refractivity (Wildman–Crippen MR) is 102 cm³/mol. The second kappa shape index (κ2) is 9.13. The largest absolute Gasteiger partial charge is 0.493 e. The van der Waals surface area contributed by atoms with Crippen molar-refractivity contribution in [1.82, 2.24) is 0 Å². The lowest BCUT2D eigenvalue weighted by molar-refractivity contribution is -0.116. The molecule has 0 heterocycles. The summed E-state index contributed by atoms with van der Waals surface area (Å²) in [5.41, 5.74) is 2.23. The van der Waals surface area contributed by atoms with Gasteiger partial charge >= 0.3 is 0 Å². The number of ether oxygens (including phenoxy) is 1. The standard InChI is InChI=1S/C21H19N3O2/c25-21(15-16-26-20-9-5-2-6-10-20)22-17-11-13-19(14-12-17)24-23-18-7-3-1-4-8-18/h1-14H,15-16H2,(H,22,25). The van der Waals surface area contributed by atoms with Gasteiger partial charge in [0, 0.05) is 5.69 Å². The third-order valence-corrected chi connectivity index (χ3v) is 3.53. The van der Waals surface area contributed by atoms with Gasteiger partial charge in [-0.2, -0.15) is 10.2 Å². The Hall–Kier alpha value is -3.47. The third kappa shape index (κ3) is 5.56. The van der Waals surface area contributed by atoms with Crippen molar-refractivity contribution in [2.75, 3.05) is 11.9 Å². The highest BCUT2D eigenvalue weighted by Gasteiger charge is 2.03. The van der Waals surface area contributed by atoms with E-state index in [-0.39, 0.29) is 12.3 Å². The Morgan fingerprint density at radius 3 is 2.00 bits per heavy atom. The first-order chi connectivity index (χ1) is 12.8. The van der Waals surface area contributed by atoms with Crippen LogP contribution in [0.3, 0.4) is 0 Å². The van der Waals surface area contributed by atoms with Crippen LogP contribution in [0.2, 0.25) is 0 Å². The van der Waals surface area contributed by atoms with Crippen LogP contribution in [0.25, 0.3) is 0 Å². The van der Waals surface area contributed by atoms with Crippen molar-refractivity contribution >= 4 is 23.0 Å². The number of carbonyl (C=O) groups is 1. The van der Waals surface area contributed by atoms with E-state index in [2.05, 4.69) is 15.5 Å². The molecular weight excluding hydrogens is 326 g/mol. The molecule has 3 aromatic carbocycles. The molecule has 0 aliphatic carbocycles. The first-order valence-corrected chi connectivity index (χ1v) is 8.34. The molecule has 0 saturated carbocycles. The Morgan fingerprint density at radius 2 is 1.35 bits per heavy atom. The van der Waals surface area contributed by atoms with E-state index in [0.717, 1.165) is 17.1 Å². The van der Waals surface area contributed by atoms with E-state index in [1.165, 1.54) is 0 Å². The Bertz CT molecular complexity index is 847. The number of rotatable bonds is 7. The van der Waals surface area contributed by atoms with Gasteiger partial charge in [0.15, 0.2) is 0 Å². The summed E-state index contributed by atoms with van der Waals surface area (Å²) in [6, 6.07) is 26.2. The van der Waals surface area contributed by atoms with Crippen LogP contribution in [-0.2, 0) is 4.79 Å². The summed E-state index contributed by atoms with van der Waals surface area (Å²) in [5.74, 6) is 0.660. The van der Waals surface area contributed by atoms with Gasteiger partial charge in [0.1, 0.15) is 5.75 Å². The Labute approximate surface area is 152 Å². The van der Waals surface area contributed by atoms with Gasteiger partial charge in [0.25, 0.3) is 0 Å². The van der Waals surface area contributed by atoms with Crippen LogP contribution < -0.4 is 10.1 Å². The molecule has 0 bridgehead atoms. The smallest absolute Gasteiger partial charge is 0.227 e. The zero-order chi connectivity index (χ0) is 18.0.